The molecule has 0 aliphatic carbocycles. The monoisotopic (exact) mass is 510 g/mol. The van der Waals surface area contributed by atoms with Crippen molar-refractivity contribution in [3.8, 4) is 11.3 Å². The summed E-state index contributed by atoms with van der Waals surface area (Å²) in [5.74, 6) is -3.69. The third-order valence-electron chi connectivity index (χ3n) is 5.34. The number of thiazole rings is 1. The molecular formula is C22H15F5N4O3S. The molecule has 35 heavy (non-hydrogen) atoms. The number of nitrogens with zero attached hydrogens (tertiary/aromatic N) is 3. The molecule has 0 saturated carbocycles. The number of carbonyl (C=O) groups excluding carboxylic acids is 1. The molecule has 1 N–H and O–H groups in total. The summed E-state index contributed by atoms with van der Waals surface area (Å²) in [5, 5.41) is 3.58. The van der Waals surface area contributed by atoms with Crippen LogP contribution in [-0.4, -0.2) is 20.0 Å². The molecule has 0 radical (unpaired) electrons. The van der Waals surface area contributed by atoms with E-state index in [9.17, 15) is 36.3 Å². The van der Waals surface area contributed by atoms with Gasteiger partial charge in [0.2, 0.25) is 5.91 Å². The number of nitrogens with one attached hydrogen (secondary N) is 1. The van der Waals surface area contributed by atoms with E-state index < -0.39 is 51.8 Å². The summed E-state index contributed by atoms with van der Waals surface area (Å²) in [4.78, 5) is 41.3. The molecule has 2 heterocycles. The van der Waals surface area contributed by atoms with E-state index in [1.165, 1.54) is 24.7 Å². The van der Waals surface area contributed by atoms with E-state index in [1.54, 1.807) is 12.1 Å². The van der Waals surface area contributed by atoms with Crippen LogP contribution in [0, 0.1) is 11.6 Å². The predicted octanol–water partition coefficient (Wildman–Crippen LogP) is 3.84. The smallest absolute Gasteiger partial charge is 0.302 e. The molecule has 7 nitrogen and oxygen atoms in total. The van der Waals surface area contributed by atoms with E-state index in [-0.39, 0.29) is 16.9 Å². The molecule has 0 spiro atoms. The number of hydrogen-bond donors (Lipinski definition) is 1. The Labute approximate surface area is 197 Å². The number of fused-ring (bicyclic) bond motifs is 1. The molecule has 0 saturated heterocycles. The highest BCUT2D eigenvalue weighted by Gasteiger charge is 2.36. The molecule has 0 aliphatic heterocycles. The van der Waals surface area contributed by atoms with Crippen LogP contribution in [0.25, 0.3) is 22.2 Å². The van der Waals surface area contributed by atoms with Gasteiger partial charge in [0.15, 0.2) is 5.13 Å². The van der Waals surface area contributed by atoms with Crippen LogP contribution in [0.2, 0.25) is 0 Å². The maximum Gasteiger partial charge on any atom is 0.419 e. The lowest BCUT2D eigenvalue weighted by Gasteiger charge is -2.11. The fraction of sp³-hybridized carbons (Fsp3) is 0.182. The molecule has 0 fully saturated rings. The van der Waals surface area contributed by atoms with Gasteiger partial charge in [-0.15, -0.1) is 11.3 Å². The number of hydrogen-bond acceptors (Lipinski definition) is 5. The third kappa shape index (κ3) is 4.34. The minimum atomic E-state index is -5.03. The minimum absolute atomic E-state index is 0.109. The van der Waals surface area contributed by atoms with Gasteiger partial charge in [0, 0.05) is 19.5 Å². The van der Waals surface area contributed by atoms with Crippen LogP contribution >= 0.6 is 11.3 Å². The van der Waals surface area contributed by atoms with Crippen LogP contribution in [0.15, 0.2) is 45.3 Å². The third-order valence-corrected chi connectivity index (χ3v) is 6.09. The van der Waals surface area contributed by atoms with Crippen molar-refractivity contribution in [3.05, 3.63) is 79.3 Å². The summed E-state index contributed by atoms with van der Waals surface area (Å²) < 4.78 is 69.7. The van der Waals surface area contributed by atoms with Crippen molar-refractivity contribution >= 4 is 33.3 Å². The summed E-state index contributed by atoms with van der Waals surface area (Å²) >= 11 is 0.759. The Kier molecular flexibility index (Phi) is 6.05. The number of halogens is 5. The van der Waals surface area contributed by atoms with Crippen LogP contribution in [0.4, 0.5) is 27.1 Å². The van der Waals surface area contributed by atoms with Crippen LogP contribution in [-0.2, 0) is 31.5 Å². The number of aromatic nitrogens is 3. The zero-order valence-corrected chi connectivity index (χ0v) is 18.9. The summed E-state index contributed by atoms with van der Waals surface area (Å²) in [5.41, 5.74) is -3.49. The molecule has 2 aromatic heterocycles. The number of amides is 1. The van der Waals surface area contributed by atoms with Crippen molar-refractivity contribution in [2.75, 3.05) is 5.32 Å². The van der Waals surface area contributed by atoms with Gasteiger partial charge < -0.3 is 5.32 Å². The molecule has 0 bridgehead atoms. The Balaban J connectivity index is 1.63. The van der Waals surface area contributed by atoms with Gasteiger partial charge in [-0.1, -0.05) is 12.1 Å². The molecule has 0 atom stereocenters. The van der Waals surface area contributed by atoms with Crippen molar-refractivity contribution in [2.45, 2.75) is 12.6 Å². The normalized spacial score (nSPS) is 11.7. The molecule has 182 valence electrons. The van der Waals surface area contributed by atoms with Crippen molar-refractivity contribution in [1.29, 1.82) is 0 Å². The largest absolute Gasteiger partial charge is 0.419 e. The second kappa shape index (κ2) is 8.73. The van der Waals surface area contributed by atoms with Crippen LogP contribution in [0.3, 0.4) is 0 Å². The zero-order chi connectivity index (χ0) is 25.7. The van der Waals surface area contributed by atoms with Crippen molar-refractivity contribution in [2.24, 2.45) is 14.1 Å². The Morgan fingerprint density at radius 2 is 1.80 bits per heavy atom. The number of aryl methyl sites for hydroxylation is 1. The summed E-state index contributed by atoms with van der Waals surface area (Å²) in [6.45, 7) is 0. The fourth-order valence-electron chi connectivity index (χ4n) is 3.63. The Hall–Kier alpha value is -3.87. The molecule has 4 rings (SSSR count). The highest BCUT2D eigenvalue weighted by Crippen LogP contribution is 2.37. The molecule has 2 aromatic carbocycles. The number of alkyl halides is 3. The van der Waals surface area contributed by atoms with Gasteiger partial charge in [-0.25, -0.2) is 18.6 Å². The SMILES string of the molecule is Cn1c(=O)c2c(CC(=O)Nc3nc(-c4c(F)ccc(C(F)(F)F)c4F)cs3)cccc2n(C)c1=O. The zero-order valence-electron chi connectivity index (χ0n) is 18.0. The van der Waals surface area contributed by atoms with E-state index in [4.69, 9.17) is 0 Å². The highest BCUT2D eigenvalue weighted by molar-refractivity contribution is 7.14. The number of carbonyl (C=O) groups is 1. The van der Waals surface area contributed by atoms with E-state index >= 15 is 0 Å². The van der Waals surface area contributed by atoms with Crippen LogP contribution in [0.1, 0.15) is 11.1 Å². The van der Waals surface area contributed by atoms with Crippen molar-refractivity contribution in [1.82, 2.24) is 14.1 Å². The average Bonchev–Trinajstić information content (AvgIpc) is 3.22. The van der Waals surface area contributed by atoms with Crippen molar-refractivity contribution in [3.63, 3.8) is 0 Å². The fourth-order valence-corrected chi connectivity index (χ4v) is 4.35. The highest BCUT2D eigenvalue weighted by atomic mass is 32.1. The lowest BCUT2D eigenvalue weighted by Crippen LogP contribution is -2.37. The lowest BCUT2D eigenvalue weighted by atomic mass is 10.1. The second-order valence-corrected chi connectivity index (χ2v) is 8.42. The molecule has 0 aliphatic rings. The van der Waals surface area contributed by atoms with E-state index in [2.05, 4.69) is 10.3 Å². The maximum atomic E-state index is 14.4. The van der Waals surface area contributed by atoms with Crippen LogP contribution in [0.5, 0.6) is 0 Å². The van der Waals surface area contributed by atoms with Crippen molar-refractivity contribution < 1.29 is 26.7 Å². The van der Waals surface area contributed by atoms with Gasteiger partial charge >= 0.3 is 11.9 Å². The van der Waals surface area contributed by atoms with Gasteiger partial charge in [0.1, 0.15) is 11.6 Å². The van der Waals surface area contributed by atoms with Gasteiger partial charge in [0.05, 0.1) is 34.1 Å². The first kappa shape index (κ1) is 24.3. The minimum Gasteiger partial charge on any atom is -0.302 e. The lowest BCUT2D eigenvalue weighted by molar-refractivity contribution is -0.140. The second-order valence-electron chi connectivity index (χ2n) is 7.56. The first-order valence-electron chi connectivity index (χ1n) is 9.88. The molecular weight excluding hydrogens is 495 g/mol. The standard InChI is InChI=1S/C22H15F5N4O3S/c1-30-14-5-3-4-10(16(14)19(33)31(2)21(30)34)8-15(32)29-20-28-13(9-35-20)17-12(23)7-6-11(18(17)24)22(25,26)27/h3-7,9H,8H2,1-2H3,(H,28,29,32). The molecule has 4 aromatic rings. The Morgan fingerprint density at radius 1 is 1.09 bits per heavy atom. The van der Waals surface area contributed by atoms with E-state index in [0.717, 1.165) is 21.3 Å². The molecule has 0 unspecified atom stereocenters. The Morgan fingerprint density at radius 3 is 2.49 bits per heavy atom. The quantitative estimate of drug-likeness (QED) is 0.423. The Bertz CT molecular complexity index is 1600. The summed E-state index contributed by atoms with van der Waals surface area (Å²) in [6, 6.07) is 5.46. The maximum absolute atomic E-state index is 14.4. The first-order chi connectivity index (χ1) is 16.4. The summed E-state index contributed by atoms with van der Waals surface area (Å²) in [6.07, 6.45) is -5.33. The van der Waals surface area contributed by atoms with Gasteiger partial charge in [-0.3, -0.25) is 18.7 Å². The summed E-state index contributed by atoms with van der Waals surface area (Å²) in [7, 11) is 2.79. The van der Waals surface area contributed by atoms with E-state index in [1.807, 2.05) is 0 Å². The van der Waals surface area contributed by atoms with Crippen LogP contribution < -0.4 is 16.6 Å². The van der Waals surface area contributed by atoms with E-state index in [0.29, 0.717) is 23.2 Å². The predicted molar refractivity (Wildman–Crippen MR) is 119 cm³/mol. The first-order valence-corrected chi connectivity index (χ1v) is 10.8. The number of benzene rings is 2. The molecule has 1 amide bonds. The topological polar surface area (TPSA) is 86.0 Å². The number of rotatable bonds is 4. The number of anilines is 1. The van der Waals surface area contributed by atoms with Gasteiger partial charge in [-0.2, -0.15) is 13.2 Å². The average molecular weight is 510 g/mol. The molecule has 13 heteroatoms. The van der Waals surface area contributed by atoms with Gasteiger partial charge in [-0.05, 0) is 23.8 Å². The van der Waals surface area contributed by atoms with Gasteiger partial charge in [0.25, 0.3) is 5.56 Å².